The number of benzene rings is 3. The van der Waals surface area contributed by atoms with Crippen molar-refractivity contribution in [2.75, 3.05) is 12.4 Å². The van der Waals surface area contributed by atoms with Gasteiger partial charge in [-0.1, -0.05) is 6.07 Å². The molecule has 4 rings (SSSR count). The molecule has 0 saturated carbocycles. The molecule has 0 bridgehead atoms. The number of nitriles is 1. The summed E-state index contributed by atoms with van der Waals surface area (Å²) in [5, 5.41) is 11.6. The summed E-state index contributed by atoms with van der Waals surface area (Å²) >= 11 is 0. The van der Waals surface area contributed by atoms with Crippen LogP contribution in [0.5, 0.6) is 17.2 Å². The van der Waals surface area contributed by atoms with Gasteiger partial charge in [-0.05, 0) is 60.0 Å². The molecule has 1 aliphatic rings. The number of carbonyl (C=O) groups excluding carboxylic acids is 1. The highest BCUT2D eigenvalue weighted by Crippen LogP contribution is 2.41. The van der Waals surface area contributed by atoms with Crippen LogP contribution in [-0.2, 0) is 17.4 Å². The molecule has 3 aromatic carbocycles. The maximum absolute atomic E-state index is 13.7. The number of anilines is 1. The van der Waals surface area contributed by atoms with Gasteiger partial charge in [0.2, 0.25) is 5.91 Å². The Kier molecular flexibility index (Phi) is 5.68. The van der Waals surface area contributed by atoms with Gasteiger partial charge >= 0.3 is 6.18 Å². The lowest BCUT2D eigenvalue weighted by atomic mass is 9.92. The number of methoxy groups -OCH3 is 1. The molecule has 0 aliphatic carbocycles. The minimum atomic E-state index is -4.72. The van der Waals surface area contributed by atoms with Crippen LogP contribution in [0.15, 0.2) is 54.6 Å². The van der Waals surface area contributed by atoms with E-state index in [0.717, 1.165) is 12.1 Å². The van der Waals surface area contributed by atoms with Crippen molar-refractivity contribution in [1.82, 2.24) is 0 Å². The Labute approximate surface area is 186 Å². The molecule has 1 N–H and O–H groups in total. The van der Waals surface area contributed by atoms with Gasteiger partial charge in [0.15, 0.2) is 0 Å². The second-order valence-electron chi connectivity index (χ2n) is 7.37. The van der Waals surface area contributed by atoms with Crippen molar-refractivity contribution in [3.63, 3.8) is 0 Å². The molecule has 33 heavy (non-hydrogen) atoms. The number of hydrogen-bond acceptors (Lipinski definition) is 4. The third-order valence-electron chi connectivity index (χ3n) is 5.29. The fraction of sp³-hybridized carbons (Fsp3) is 0.167. The first kappa shape index (κ1) is 22.1. The zero-order valence-electron chi connectivity index (χ0n) is 17.2. The highest BCUT2D eigenvalue weighted by atomic mass is 19.4. The third-order valence-corrected chi connectivity index (χ3v) is 5.29. The largest absolute Gasteiger partial charge is 0.496 e. The second kappa shape index (κ2) is 8.47. The summed E-state index contributed by atoms with van der Waals surface area (Å²) in [4.78, 5) is 12.4. The lowest BCUT2D eigenvalue weighted by Gasteiger charge is -2.16. The molecule has 0 saturated heterocycles. The van der Waals surface area contributed by atoms with Crippen molar-refractivity contribution in [1.29, 1.82) is 5.26 Å². The van der Waals surface area contributed by atoms with Crippen molar-refractivity contribution in [3.8, 4) is 23.3 Å². The van der Waals surface area contributed by atoms with Gasteiger partial charge in [0.05, 0.1) is 30.2 Å². The molecule has 1 atom stereocenters. The summed E-state index contributed by atoms with van der Waals surface area (Å²) in [5.74, 6) is -1.48. The summed E-state index contributed by atoms with van der Waals surface area (Å²) in [6.07, 6.45) is -4.53. The number of hydrogen-bond donors (Lipinski definition) is 1. The van der Waals surface area contributed by atoms with Crippen LogP contribution in [0.1, 0.15) is 28.2 Å². The van der Waals surface area contributed by atoms with E-state index < -0.39 is 29.2 Å². The minimum absolute atomic E-state index is 0.0770. The van der Waals surface area contributed by atoms with E-state index in [2.05, 4.69) is 5.32 Å². The molecule has 0 radical (unpaired) electrons. The monoisotopic (exact) mass is 456 g/mol. The molecule has 0 aromatic heterocycles. The maximum atomic E-state index is 13.7. The smallest absolute Gasteiger partial charge is 0.420 e. The summed E-state index contributed by atoms with van der Waals surface area (Å²) in [6.45, 7) is 0. The summed E-state index contributed by atoms with van der Waals surface area (Å²) in [5.41, 5.74) is 0.429. The van der Waals surface area contributed by atoms with Gasteiger partial charge in [0.1, 0.15) is 23.1 Å². The predicted octanol–water partition coefficient (Wildman–Crippen LogP) is 5.80. The van der Waals surface area contributed by atoms with Gasteiger partial charge < -0.3 is 14.8 Å². The van der Waals surface area contributed by atoms with Crippen LogP contribution < -0.4 is 14.8 Å². The van der Waals surface area contributed by atoms with Gasteiger partial charge in [0, 0.05) is 11.8 Å². The Morgan fingerprint density at radius 1 is 1.06 bits per heavy atom. The Balaban J connectivity index is 1.62. The predicted molar refractivity (Wildman–Crippen MR) is 111 cm³/mol. The molecule has 168 valence electrons. The van der Waals surface area contributed by atoms with Gasteiger partial charge in [-0.15, -0.1) is 0 Å². The highest BCUT2D eigenvalue weighted by molar-refractivity contribution is 6.03. The topological polar surface area (TPSA) is 71.3 Å². The third kappa shape index (κ3) is 4.46. The van der Waals surface area contributed by atoms with Crippen LogP contribution in [0, 0.1) is 17.1 Å². The zero-order chi connectivity index (χ0) is 23.8. The first-order valence-electron chi connectivity index (χ1n) is 9.76. The van der Waals surface area contributed by atoms with Crippen LogP contribution in [0.25, 0.3) is 0 Å². The summed E-state index contributed by atoms with van der Waals surface area (Å²) in [7, 11) is 1.38. The standard InChI is InChI=1S/C24H16F4N2O3/c1-32-22-11-16(33-21-7-2-13(12-29)8-19(21)24(26,27)28)5-3-14(22)9-18-17-10-15(25)4-6-20(17)30-23(18)31/h2-8,10-11,18H,9H2,1H3,(H,30,31). The minimum Gasteiger partial charge on any atom is -0.496 e. The molecular weight excluding hydrogens is 440 g/mol. The Morgan fingerprint density at radius 2 is 1.85 bits per heavy atom. The van der Waals surface area contributed by atoms with Crippen molar-refractivity contribution in [2.24, 2.45) is 0 Å². The highest BCUT2D eigenvalue weighted by Gasteiger charge is 2.35. The molecule has 9 heteroatoms. The molecule has 5 nitrogen and oxygen atoms in total. The number of halogens is 4. The van der Waals surface area contributed by atoms with Crippen LogP contribution in [-0.4, -0.2) is 13.0 Å². The molecule has 1 unspecified atom stereocenters. The zero-order valence-corrected chi connectivity index (χ0v) is 17.2. The SMILES string of the molecule is COc1cc(Oc2ccc(C#N)cc2C(F)(F)F)ccc1CC1C(=O)Nc2ccc(F)cc21. The quantitative estimate of drug-likeness (QED) is 0.493. The molecule has 1 amide bonds. The van der Waals surface area contributed by atoms with E-state index in [-0.39, 0.29) is 23.6 Å². The molecule has 0 spiro atoms. The van der Waals surface area contributed by atoms with Gasteiger partial charge in [-0.3, -0.25) is 4.79 Å². The van der Waals surface area contributed by atoms with Gasteiger partial charge in [0.25, 0.3) is 0 Å². The first-order valence-corrected chi connectivity index (χ1v) is 9.76. The van der Waals surface area contributed by atoms with E-state index in [0.29, 0.717) is 22.6 Å². The van der Waals surface area contributed by atoms with E-state index in [1.165, 1.54) is 43.5 Å². The van der Waals surface area contributed by atoms with E-state index in [1.807, 2.05) is 0 Å². The normalized spacial score (nSPS) is 14.9. The van der Waals surface area contributed by atoms with Gasteiger partial charge in [-0.25, -0.2) is 4.39 Å². The van der Waals surface area contributed by atoms with Gasteiger partial charge in [-0.2, -0.15) is 18.4 Å². The fourth-order valence-electron chi connectivity index (χ4n) is 3.71. The average Bonchev–Trinajstić information content (AvgIpc) is 3.08. The molecule has 3 aromatic rings. The van der Waals surface area contributed by atoms with Crippen molar-refractivity contribution < 1.29 is 31.8 Å². The average molecular weight is 456 g/mol. The van der Waals surface area contributed by atoms with E-state index in [1.54, 1.807) is 12.1 Å². The van der Waals surface area contributed by atoms with Crippen LogP contribution in [0.3, 0.4) is 0 Å². The molecule has 1 aliphatic heterocycles. The van der Waals surface area contributed by atoms with E-state index in [9.17, 15) is 22.4 Å². The van der Waals surface area contributed by atoms with E-state index in [4.69, 9.17) is 14.7 Å². The van der Waals surface area contributed by atoms with Crippen LogP contribution >= 0.6 is 0 Å². The number of ether oxygens (including phenoxy) is 2. The van der Waals surface area contributed by atoms with Crippen molar-refractivity contribution >= 4 is 11.6 Å². The number of carbonyl (C=O) groups is 1. The number of amides is 1. The number of nitrogens with one attached hydrogen (secondary N) is 1. The van der Waals surface area contributed by atoms with E-state index >= 15 is 0 Å². The maximum Gasteiger partial charge on any atom is 0.420 e. The Morgan fingerprint density at radius 3 is 2.55 bits per heavy atom. The van der Waals surface area contributed by atoms with Crippen LogP contribution in [0.2, 0.25) is 0 Å². The number of alkyl halides is 3. The number of rotatable bonds is 5. The second-order valence-corrected chi connectivity index (χ2v) is 7.37. The lowest BCUT2D eigenvalue weighted by Crippen LogP contribution is -2.14. The van der Waals surface area contributed by atoms with Crippen molar-refractivity contribution in [3.05, 3.63) is 82.7 Å². The Hall–Kier alpha value is -4.06. The molecule has 0 fully saturated rings. The summed E-state index contributed by atoms with van der Waals surface area (Å²) < 4.78 is 64.8. The number of nitrogens with zero attached hydrogens (tertiary/aromatic N) is 1. The lowest BCUT2D eigenvalue weighted by molar-refractivity contribution is -0.138. The van der Waals surface area contributed by atoms with Crippen LogP contribution in [0.4, 0.5) is 23.2 Å². The fourth-order valence-corrected chi connectivity index (χ4v) is 3.71. The molecular formula is C24H16F4N2O3. The van der Waals surface area contributed by atoms with Crippen molar-refractivity contribution in [2.45, 2.75) is 18.5 Å². The number of fused-ring (bicyclic) bond motifs is 1. The summed E-state index contributed by atoms with van der Waals surface area (Å²) in [6, 6.07) is 13.2. The first-order chi connectivity index (χ1) is 15.7. The Bertz CT molecular complexity index is 1280. The molecule has 1 heterocycles.